The minimum absolute atomic E-state index is 0.124. The number of aliphatic carboxylic acids is 1. The first-order chi connectivity index (χ1) is 7.50. The molecule has 1 rings (SSSR count). The van der Waals surface area contributed by atoms with Crippen molar-refractivity contribution in [2.75, 3.05) is 13.1 Å². The molecular formula is C10H18N2O4. The Labute approximate surface area is 94.0 Å². The summed E-state index contributed by atoms with van der Waals surface area (Å²) >= 11 is 0. The van der Waals surface area contributed by atoms with E-state index in [-0.39, 0.29) is 12.5 Å². The van der Waals surface area contributed by atoms with E-state index in [1.54, 1.807) is 0 Å². The van der Waals surface area contributed by atoms with Crippen molar-refractivity contribution in [3.8, 4) is 0 Å². The maximum atomic E-state index is 10.7. The highest BCUT2D eigenvalue weighted by molar-refractivity contribution is 5.82. The van der Waals surface area contributed by atoms with Gasteiger partial charge in [0.25, 0.3) is 0 Å². The van der Waals surface area contributed by atoms with Gasteiger partial charge in [0.2, 0.25) is 5.91 Å². The molecule has 2 atom stereocenters. The van der Waals surface area contributed by atoms with Crippen LogP contribution in [0.4, 0.5) is 0 Å². The Bertz CT molecular complexity index is 266. The van der Waals surface area contributed by atoms with Gasteiger partial charge >= 0.3 is 5.97 Å². The molecule has 1 fully saturated rings. The Morgan fingerprint density at radius 2 is 2.00 bits per heavy atom. The number of nitrogens with one attached hydrogen (secondary N) is 2. The molecule has 0 aliphatic heterocycles. The summed E-state index contributed by atoms with van der Waals surface area (Å²) in [5, 5.41) is 23.5. The van der Waals surface area contributed by atoms with Gasteiger partial charge in [-0.1, -0.05) is 0 Å². The van der Waals surface area contributed by atoms with Crippen LogP contribution in [0.1, 0.15) is 19.8 Å². The molecule has 0 aromatic rings. The van der Waals surface area contributed by atoms with Crippen LogP contribution in [-0.4, -0.2) is 47.3 Å². The monoisotopic (exact) mass is 230 g/mol. The van der Waals surface area contributed by atoms with E-state index < -0.39 is 18.1 Å². The van der Waals surface area contributed by atoms with E-state index in [1.165, 1.54) is 6.92 Å². The molecule has 0 spiro atoms. The first-order valence-corrected chi connectivity index (χ1v) is 5.39. The predicted molar refractivity (Wildman–Crippen MR) is 56.8 cm³/mol. The number of amides is 1. The molecule has 2 unspecified atom stereocenters. The Kier molecular flexibility index (Phi) is 4.70. The van der Waals surface area contributed by atoms with Gasteiger partial charge in [0.1, 0.15) is 6.04 Å². The molecule has 0 saturated heterocycles. The highest BCUT2D eigenvalue weighted by Gasteiger charge is 2.29. The molecule has 0 aromatic carbocycles. The minimum atomic E-state index is -1.08. The Balaban J connectivity index is 2.20. The lowest BCUT2D eigenvalue weighted by Crippen LogP contribution is -2.47. The van der Waals surface area contributed by atoms with Gasteiger partial charge in [-0.25, -0.2) is 4.79 Å². The van der Waals surface area contributed by atoms with Crippen LogP contribution in [0.2, 0.25) is 0 Å². The lowest BCUT2D eigenvalue weighted by Gasteiger charge is -2.16. The van der Waals surface area contributed by atoms with E-state index >= 15 is 0 Å². The van der Waals surface area contributed by atoms with Crippen LogP contribution in [0.3, 0.4) is 0 Å². The Morgan fingerprint density at radius 1 is 1.38 bits per heavy atom. The molecule has 6 heteroatoms. The quantitative estimate of drug-likeness (QED) is 0.446. The van der Waals surface area contributed by atoms with E-state index in [2.05, 4.69) is 10.6 Å². The van der Waals surface area contributed by atoms with Crippen molar-refractivity contribution in [3.63, 3.8) is 0 Å². The van der Waals surface area contributed by atoms with Crippen LogP contribution in [0, 0.1) is 5.92 Å². The van der Waals surface area contributed by atoms with Crippen LogP contribution < -0.4 is 10.6 Å². The van der Waals surface area contributed by atoms with Crippen molar-refractivity contribution in [2.45, 2.75) is 31.9 Å². The third-order valence-electron chi connectivity index (χ3n) is 2.54. The molecule has 4 N–H and O–H groups in total. The molecule has 1 amide bonds. The SMILES string of the molecule is CC(=O)NC(CNCC(O)C1CC1)C(=O)O. The second-order valence-electron chi connectivity index (χ2n) is 4.15. The molecule has 1 aliphatic rings. The zero-order valence-electron chi connectivity index (χ0n) is 9.27. The minimum Gasteiger partial charge on any atom is -0.480 e. The fourth-order valence-corrected chi connectivity index (χ4v) is 1.47. The second kappa shape index (κ2) is 5.81. The Morgan fingerprint density at radius 3 is 2.44 bits per heavy atom. The van der Waals surface area contributed by atoms with Gasteiger partial charge in [0.05, 0.1) is 6.10 Å². The third kappa shape index (κ3) is 4.59. The van der Waals surface area contributed by atoms with Crippen molar-refractivity contribution in [3.05, 3.63) is 0 Å². The molecule has 0 aromatic heterocycles. The van der Waals surface area contributed by atoms with E-state index in [4.69, 9.17) is 5.11 Å². The van der Waals surface area contributed by atoms with Crippen molar-refractivity contribution in [1.82, 2.24) is 10.6 Å². The molecular weight excluding hydrogens is 212 g/mol. The lowest BCUT2D eigenvalue weighted by molar-refractivity contribution is -0.141. The number of rotatable bonds is 7. The zero-order valence-corrected chi connectivity index (χ0v) is 9.27. The summed E-state index contributed by atoms with van der Waals surface area (Å²) < 4.78 is 0. The van der Waals surface area contributed by atoms with Crippen LogP contribution in [0.25, 0.3) is 0 Å². The summed E-state index contributed by atoms with van der Waals surface area (Å²) in [5.41, 5.74) is 0. The van der Waals surface area contributed by atoms with Crippen molar-refractivity contribution in [2.24, 2.45) is 5.92 Å². The number of aliphatic hydroxyl groups is 1. The maximum Gasteiger partial charge on any atom is 0.327 e. The van der Waals surface area contributed by atoms with Crippen molar-refractivity contribution < 1.29 is 19.8 Å². The average Bonchev–Trinajstić information content (AvgIpc) is 2.98. The summed E-state index contributed by atoms with van der Waals surface area (Å²) in [6.07, 6.45) is 1.67. The van der Waals surface area contributed by atoms with Gasteiger partial charge in [0.15, 0.2) is 0 Å². The largest absolute Gasteiger partial charge is 0.480 e. The highest BCUT2D eigenvalue weighted by Crippen LogP contribution is 2.32. The van der Waals surface area contributed by atoms with Crippen molar-refractivity contribution in [1.29, 1.82) is 0 Å². The number of aliphatic hydroxyl groups excluding tert-OH is 1. The topological polar surface area (TPSA) is 98.7 Å². The van der Waals surface area contributed by atoms with Crippen LogP contribution >= 0.6 is 0 Å². The van der Waals surface area contributed by atoms with E-state index in [1.807, 2.05) is 0 Å². The summed E-state index contributed by atoms with van der Waals surface area (Å²) in [6.45, 7) is 1.77. The normalized spacial score (nSPS) is 18.9. The van der Waals surface area contributed by atoms with E-state index in [0.29, 0.717) is 12.5 Å². The number of hydrogen-bond donors (Lipinski definition) is 4. The summed E-state index contributed by atoms with van der Waals surface area (Å²) in [5.74, 6) is -1.10. The first kappa shape index (κ1) is 12.9. The van der Waals surface area contributed by atoms with Crippen LogP contribution in [-0.2, 0) is 9.59 Å². The van der Waals surface area contributed by atoms with Gasteiger partial charge in [-0.15, -0.1) is 0 Å². The fraction of sp³-hybridized carbons (Fsp3) is 0.800. The van der Waals surface area contributed by atoms with Gasteiger partial charge in [-0.3, -0.25) is 4.79 Å². The molecule has 6 nitrogen and oxygen atoms in total. The first-order valence-electron chi connectivity index (χ1n) is 5.39. The predicted octanol–water partition coefficient (Wildman–Crippen LogP) is -1.06. The molecule has 16 heavy (non-hydrogen) atoms. The van der Waals surface area contributed by atoms with Gasteiger partial charge in [0, 0.05) is 20.0 Å². The number of hydrogen-bond acceptors (Lipinski definition) is 4. The maximum absolute atomic E-state index is 10.7. The smallest absolute Gasteiger partial charge is 0.327 e. The van der Waals surface area contributed by atoms with Crippen LogP contribution in [0.5, 0.6) is 0 Å². The number of carboxylic acids is 1. The standard InChI is InChI=1S/C10H18N2O4/c1-6(13)12-8(10(15)16)4-11-5-9(14)7-2-3-7/h7-9,11,14H,2-5H2,1H3,(H,12,13)(H,15,16). The molecule has 0 bridgehead atoms. The third-order valence-corrected chi connectivity index (χ3v) is 2.54. The summed E-state index contributed by atoms with van der Waals surface area (Å²) in [4.78, 5) is 21.5. The highest BCUT2D eigenvalue weighted by atomic mass is 16.4. The van der Waals surface area contributed by atoms with Crippen molar-refractivity contribution >= 4 is 11.9 Å². The lowest BCUT2D eigenvalue weighted by atomic mass is 10.2. The van der Waals surface area contributed by atoms with Gasteiger partial charge in [-0.2, -0.15) is 0 Å². The van der Waals surface area contributed by atoms with Gasteiger partial charge < -0.3 is 20.8 Å². The van der Waals surface area contributed by atoms with E-state index in [9.17, 15) is 14.7 Å². The number of carboxylic acid groups (broad SMARTS) is 1. The molecule has 0 radical (unpaired) electrons. The Hall–Kier alpha value is -1.14. The second-order valence-corrected chi connectivity index (χ2v) is 4.15. The van der Waals surface area contributed by atoms with E-state index in [0.717, 1.165) is 12.8 Å². The fourth-order valence-electron chi connectivity index (χ4n) is 1.47. The molecule has 0 heterocycles. The van der Waals surface area contributed by atoms with Gasteiger partial charge in [-0.05, 0) is 18.8 Å². The molecule has 1 saturated carbocycles. The summed E-state index contributed by atoms with van der Waals surface area (Å²) in [6, 6.07) is -0.941. The molecule has 1 aliphatic carbocycles. The zero-order chi connectivity index (χ0) is 12.1. The molecule has 92 valence electrons. The number of carbonyl (C=O) groups is 2. The van der Waals surface area contributed by atoms with Crippen LogP contribution in [0.15, 0.2) is 0 Å². The number of carbonyl (C=O) groups excluding carboxylic acids is 1. The average molecular weight is 230 g/mol. The summed E-state index contributed by atoms with van der Waals surface area (Å²) in [7, 11) is 0.